The molecule has 2 aliphatic heterocycles. The molecule has 17 heteroatoms. The van der Waals surface area contributed by atoms with Crippen LogP contribution in [0, 0.1) is 5.92 Å². The average molecular weight is 735 g/mol. The van der Waals surface area contributed by atoms with Crippen molar-refractivity contribution in [2.75, 3.05) is 56.6 Å². The van der Waals surface area contributed by atoms with Crippen LogP contribution in [-0.2, 0) is 14.3 Å². The normalized spacial score (nSPS) is 17.3. The molecule has 0 saturated carbocycles. The zero-order valence-corrected chi connectivity index (χ0v) is 28.9. The number of ether oxygens (including phenoxy) is 2. The summed E-state index contributed by atoms with van der Waals surface area (Å²) in [7, 11) is 1.21. The van der Waals surface area contributed by atoms with E-state index in [4.69, 9.17) is 4.98 Å². The van der Waals surface area contributed by atoms with Gasteiger partial charge in [0.15, 0.2) is 0 Å². The van der Waals surface area contributed by atoms with E-state index >= 15 is 0 Å². The lowest BCUT2D eigenvalue weighted by molar-refractivity contribution is -0.274. The number of anilines is 2. The summed E-state index contributed by atoms with van der Waals surface area (Å²) in [6.45, 7) is 4.66. The van der Waals surface area contributed by atoms with Crippen molar-refractivity contribution in [1.82, 2.24) is 30.1 Å². The summed E-state index contributed by atoms with van der Waals surface area (Å²) in [5.41, 5.74) is 2.05. The fourth-order valence-corrected chi connectivity index (χ4v) is 6.40. The molecule has 0 radical (unpaired) electrons. The lowest BCUT2D eigenvalue weighted by atomic mass is 10.00. The number of hydrogen-bond donors (Lipinski definition) is 3. The van der Waals surface area contributed by atoms with Gasteiger partial charge < -0.3 is 39.8 Å². The molecule has 0 spiro atoms. The Morgan fingerprint density at radius 2 is 1.75 bits per heavy atom. The summed E-state index contributed by atoms with van der Waals surface area (Å²) in [5.74, 6) is -0.0429. The third kappa shape index (κ3) is 8.85. The first-order valence-corrected chi connectivity index (χ1v) is 16.8. The number of nitrogens with one attached hydrogen (secondary N) is 3. The van der Waals surface area contributed by atoms with E-state index in [2.05, 4.69) is 30.1 Å². The van der Waals surface area contributed by atoms with Crippen molar-refractivity contribution in [3.8, 4) is 28.1 Å². The van der Waals surface area contributed by atoms with E-state index in [-0.39, 0.29) is 35.5 Å². The average Bonchev–Trinajstić information content (AvgIpc) is 3.80. The number of pyridine rings is 1. The topological polar surface area (TPSA) is 162 Å². The summed E-state index contributed by atoms with van der Waals surface area (Å²) >= 11 is 0. The molecule has 2 aliphatic rings. The summed E-state index contributed by atoms with van der Waals surface area (Å²) < 4.78 is 49.6. The maximum Gasteiger partial charge on any atom is 0.573 e. The summed E-state index contributed by atoms with van der Waals surface area (Å²) in [4.78, 5) is 66.0. The molecular formula is C36H37F3N8O6. The van der Waals surface area contributed by atoms with Gasteiger partial charge in [-0.1, -0.05) is 31.2 Å². The van der Waals surface area contributed by atoms with Gasteiger partial charge in [0.05, 0.1) is 30.7 Å². The van der Waals surface area contributed by atoms with Gasteiger partial charge in [-0.2, -0.15) is 0 Å². The van der Waals surface area contributed by atoms with Crippen molar-refractivity contribution in [2.24, 2.45) is 5.92 Å². The maximum atomic E-state index is 13.5. The highest BCUT2D eigenvalue weighted by Gasteiger charge is 2.36. The van der Waals surface area contributed by atoms with Gasteiger partial charge in [0.1, 0.15) is 23.9 Å². The van der Waals surface area contributed by atoms with Crippen molar-refractivity contribution in [1.29, 1.82) is 0 Å². The number of aromatic nitrogens is 3. The molecule has 2 aromatic heterocycles. The quantitative estimate of drug-likeness (QED) is 0.194. The molecule has 53 heavy (non-hydrogen) atoms. The van der Waals surface area contributed by atoms with Crippen molar-refractivity contribution in [2.45, 2.75) is 25.7 Å². The van der Waals surface area contributed by atoms with Gasteiger partial charge in [-0.15, -0.1) is 13.2 Å². The van der Waals surface area contributed by atoms with E-state index in [1.165, 1.54) is 25.4 Å². The fraction of sp³-hybridized carbons (Fsp3) is 0.333. The van der Waals surface area contributed by atoms with E-state index in [0.29, 0.717) is 73.3 Å². The number of H-pyrrole nitrogens is 1. The van der Waals surface area contributed by atoms with Crippen LogP contribution in [0.4, 0.5) is 29.5 Å². The third-order valence-corrected chi connectivity index (χ3v) is 9.07. The first-order chi connectivity index (χ1) is 25.4. The molecule has 6 rings (SSSR count). The molecule has 0 bridgehead atoms. The number of nitrogens with zero attached hydrogens (tertiary/aromatic N) is 5. The number of benzene rings is 2. The van der Waals surface area contributed by atoms with E-state index in [9.17, 15) is 32.3 Å². The van der Waals surface area contributed by atoms with Gasteiger partial charge in [-0.3, -0.25) is 14.4 Å². The van der Waals surface area contributed by atoms with Crippen molar-refractivity contribution in [3.05, 3.63) is 78.4 Å². The Bertz CT molecular complexity index is 1950. The zero-order valence-electron chi connectivity index (χ0n) is 28.9. The molecule has 3 N–H and O–H groups in total. The molecule has 14 nitrogen and oxygen atoms in total. The van der Waals surface area contributed by atoms with Crippen LogP contribution in [0.25, 0.3) is 22.4 Å². The van der Waals surface area contributed by atoms with Gasteiger partial charge >= 0.3 is 12.5 Å². The number of hydrogen-bond acceptors (Lipinski definition) is 9. The number of piperazine rings is 1. The van der Waals surface area contributed by atoms with Gasteiger partial charge in [0, 0.05) is 55.6 Å². The van der Waals surface area contributed by atoms with Crippen LogP contribution in [-0.4, -0.2) is 102 Å². The van der Waals surface area contributed by atoms with Crippen LogP contribution in [0.1, 0.15) is 35.6 Å². The highest BCUT2D eigenvalue weighted by atomic mass is 19.4. The predicted molar refractivity (Wildman–Crippen MR) is 187 cm³/mol. The minimum absolute atomic E-state index is 0.0578. The van der Waals surface area contributed by atoms with Crippen LogP contribution >= 0.6 is 0 Å². The highest BCUT2D eigenvalue weighted by molar-refractivity contribution is 6.05. The Kier molecular flexibility index (Phi) is 10.8. The Morgan fingerprint density at radius 3 is 2.42 bits per heavy atom. The molecule has 2 saturated heterocycles. The summed E-state index contributed by atoms with van der Waals surface area (Å²) in [5, 5.41) is 5.07. The van der Waals surface area contributed by atoms with Crippen molar-refractivity contribution < 1.29 is 41.8 Å². The van der Waals surface area contributed by atoms with Crippen LogP contribution in [0.15, 0.2) is 67.0 Å². The van der Waals surface area contributed by atoms with Crippen molar-refractivity contribution >= 4 is 35.8 Å². The van der Waals surface area contributed by atoms with Gasteiger partial charge in [0.25, 0.3) is 5.91 Å². The van der Waals surface area contributed by atoms with Crippen LogP contribution in [0.2, 0.25) is 0 Å². The number of alkyl carbamates (subject to hydrolysis) is 1. The predicted octanol–water partition coefficient (Wildman–Crippen LogP) is 4.83. The fourth-order valence-electron chi connectivity index (χ4n) is 6.40. The molecule has 0 aliphatic carbocycles. The molecule has 4 amide bonds. The molecule has 2 fully saturated rings. The smallest absolute Gasteiger partial charge is 0.453 e. The highest BCUT2D eigenvalue weighted by Crippen LogP contribution is 2.37. The van der Waals surface area contributed by atoms with Crippen LogP contribution in [0.3, 0.4) is 0 Å². The zero-order chi connectivity index (χ0) is 37.7. The Balaban J connectivity index is 1.15. The first-order valence-electron chi connectivity index (χ1n) is 16.8. The second-order valence-electron chi connectivity index (χ2n) is 12.7. The van der Waals surface area contributed by atoms with Crippen LogP contribution in [0.5, 0.6) is 5.75 Å². The number of amides is 4. The lowest BCUT2D eigenvalue weighted by Crippen LogP contribution is -2.46. The standard InChI is InChI=1S/C36H37F3N8O6/c1-22-15-29(47(20-22)32(49)19-42-35(51)52-2)33-41-18-28(44-33)24-5-3-23(4-6-24)27-9-7-25(16-30(27)53-36(37,38)39)34(50)43-26-8-10-31(40-17-26)46-13-11-45(21-48)12-14-46/h3-10,16-18,21-22,29H,11-15,19-20H2,1-2H3,(H,41,44)(H,42,51)(H,43,50). The summed E-state index contributed by atoms with van der Waals surface area (Å²) in [6, 6.07) is 13.5. The Labute approximate surface area is 302 Å². The lowest BCUT2D eigenvalue weighted by Gasteiger charge is -2.33. The Morgan fingerprint density at radius 1 is 1.02 bits per heavy atom. The maximum absolute atomic E-state index is 13.5. The number of rotatable bonds is 10. The number of carbonyl (C=O) groups excluding carboxylic acids is 4. The van der Waals surface area contributed by atoms with E-state index < -0.39 is 24.1 Å². The van der Waals surface area contributed by atoms with Gasteiger partial charge in [-0.05, 0) is 48.2 Å². The molecule has 4 aromatic rings. The molecule has 2 aromatic carbocycles. The second-order valence-corrected chi connectivity index (χ2v) is 12.7. The van der Waals surface area contributed by atoms with E-state index in [0.717, 1.165) is 12.5 Å². The minimum Gasteiger partial charge on any atom is -0.453 e. The molecule has 2 atom stereocenters. The molecule has 2 unspecified atom stereocenters. The number of halogens is 3. The van der Waals surface area contributed by atoms with Crippen molar-refractivity contribution in [3.63, 3.8) is 0 Å². The van der Waals surface area contributed by atoms with Crippen LogP contribution < -0.4 is 20.3 Å². The second kappa shape index (κ2) is 15.6. The number of likely N-dealkylation sites (tertiary alicyclic amines) is 1. The number of imidazole rings is 1. The van der Waals surface area contributed by atoms with Gasteiger partial charge in [0.2, 0.25) is 12.3 Å². The van der Waals surface area contributed by atoms with E-state index in [1.807, 2.05) is 11.8 Å². The largest absolute Gasteiger partial charge is 0.573 e. The summed E-state index contributed by atoms with van der Waals surface area (Å²) in [6.07, 6.45) is -1.11. The number of methoxy groups -OCH3 is 1. The number of aromatic amines is 1. The molecular weight excluding hydrogens is 697 g/mol. The SMILES string of the molecule is COC(=O)NCC(=O)N1CC(C)CC1c1nc(-c2ccc(-c3ccc(C(=O)Nc4ccc(N5CCN(C=O)CC5)nc4)cc3OC(F)(F)F)cc2)c[nH]1. The number of alkyl halides is 3. The Hall–Kier alpha value is -6.13. The first kappa shape index (κ1) is 36.7. The molecule has 278 valence electrons. The minimum atomic E-state index is -5.02. The van der Waals surface area contributed by atoms with E-state index in [1.54, 1.807) is 52.4 Å². The third-order valence-electron chi connectivity index (χ3n) is 9.07. The number of carbonyl (C=O) groups is 4. The monoisotopic (exact) mass is 734 g/mol. The van der Waals surface area contributed by atoms with Gasteiger partial charge in [-0.25, -0.2) is 14.8 Å². The molecule has 4 heterocycles.